The zero-order valence-electron chi connectivity index (χ0n) is 22.2. The summed E-state index contributed by atoms with van der Waals surface area (Å²) in [7, 11) is 1.53. The number of aryl methyl sites for hydroxylation is 1. The average Bonchev–Trinajstić information content (AvgIpc) is 3.50. The first-order valence-corrected chi connectivity index (χ1v) is 13.5. The standard InChI is InChI=1S/C29H33N5O3S/c1-6-16-33-18-23(21-12-8-10-14-24(21)33)26(35)20(4)38-29-32-31-27(34(29)17-7-2)19(3)30-28(36)22-13-9-11-15-25(22)37-5/h7-15,18-20H,2,6,16-17H2,1,3-5H3,(H,30,36). The number of nitrogens with zero attached hydrogens (tertiary/aromatic N) is 4. The number of benzene rings is 2. The Balaban J connectivity index is 1.55. The second kappa shape index (κ2) is 12.1. The van der Waals surface area contributed by atoms with Gasteiger partial charge in [-0.05, 0) is 38.5 Å². The van der Waals surface area contributed by atoms with Crippen LogP contribution in [0.4, 0.5) is 0 Å². The molecule has 4 aromatic rings. The van der Waals surface area contributed by atoms with E-state index in [4.69, 9.17) is 4.74 Å². The minimum absolute atomic E-state index is 0.0354. The van der Waals surface area contributed by atoms with E-state index in [2.05, 4.69) is 33.6 Å². The van der Waals surface area contributed by atoms with Gasteiger partial charge < -0.3 is 19.2 Å². The van der Waals surface area contributed by atoms with Crippen LogP contribution in [0.1, 0.15) is 59.8 Å². The number of thioether (sulfide) groups is 1. The van der Waals surface area contributed by atoms with E-state index in [0.29, 0.717) is 34.4 Å². The van der Waals surface area contributed by atoms with Crippen molar-refractivity contribution in [2.45, 2.75) is 56.7 Å². The first kappa shape index (κ1) is 27.2. The first-order valence-electron chi connectivity index (χ1n) is 12.7. The lowest BCUT2D eigenvalue weighted by molar-refractivity contribution is 0.0933. The highest BCUT2D eigenvalue weighted by Crippen LogP contribution is 2.30. The monoisotopic (exact) mass is 531 g/mol. The summed E-state index contributed by atoms with van der Waals surface area (Å²) in [6.07, 6.45) is 4.69. The zero-order valence-corrected chi connectivity index (χ0v) is 23.0. The Labute approximate surface area is 227 Å². The molecule has 4 rings (SSSR count). The van der Waals surface area contributed by atoms with Crippen molar-refractivity contribution in [1.29, 1.82) is 0 Å². The first-order chi connectivity index (χ1) is 18.4. The number of fused-ring (bicyclic) bond motifs is 1. The molecule has 0 spiro atoms. The summed E-state index contributed by atoms with van der Waals surface area (Å²) in [5, 5.41) is 12.9. The zero-order chi connectivity index (χ0) is 27.2. The Hall–Kier alpha value is -3.85. The molecule has 0 aliphatic rings. The van der Waals surface area contributed by atoms with Gasteiger partial charge in [0.15, 0.2) is 16.8 Å². The van der Waals surface area contributed by atoms with E-state index < -0.39 is 11.3 Å². The Morgan fingerprint density at radius 3 is 2.58 bits per heavy atom. The molecule has 2 atom stereocenters. The molecule has 38 heavy (non-hydrogen) atoms. The number of carbonyl (C=O) groups is 2. The predicted molar refractivity (Wildman–Crippen MR) is 151 cm³/mol. The van der Waals surface area contributed by atoms with Crippen LogP contribution in [0.5, 0.6) is 5.75 Å². The van der Waals surface area contributed by atoms with E-state index in [9.17, 15) is 9.59 Å². The number of para-hydroxylation sites is 2. The van der Waals surface area contributed by atoms with Gasteiger partial charge in [-0.25, -0.2) is 0 Å². The molecular weight excluding hydrogens is 498 g/mol. The van der Waals surface area contributed by atoms with Gasteiger partial charge in [-0.3, -0.25) is 9.59 Å². The number of hydrogen-bond donors (Lipinski definition) is 1. The molecule has 1 N–H and O–H groups in total. The van der Waals surface area contributed by atoms with Crippen molar-refractivity contribution in [3.05, 3.63) is 84.3 Å². The van der Waals surface area contributed by atoms with E-state index >= 15 is 0 Å². The third-order valence-electron chi connectivity index (χ3n) is 6.31. The molecule has 0 bridgehead atoms. The second-order valence-electron chi connectivity index (χ2n) is 9.01. The van der Waals surface area contributed by atoms with Gasteiger partial charge in [0.05, 0.1) is 24.0 Å². The molecule has 2 aromatic carbocycles. The highest BCUT2D eigenvalue weighted by molar-refractivity contribution is 8.00. The second-order valence-corrected chi connectivity index (χ2v) is 10.3. The number of aromatic nitrogens is 4. The van der Waals surface area contributed by atoms with Gasteiger partial charge >= 0.3 is 0 Å². The number of ketones is 1. The number of Topliss-reactive ketones (excluding diaryl/α,β-unsaturated/α-hetero) is 1. The fraction of sp³-hybridized carbons (Fsp3) is 0.310. The van der Waals surface area contributed by atoms with E-state index in [1.807, 2.05) is 54.9 Å². The molecule has 0 aliphatic heterocycles. The highest BCUT2D eigenvalue weighted by Gasteiger charge is 2.26. The summed E-state index contributed by atoms with van der Waals surface area (Å²) >= 11 is 1.35. The molecule has 9 heteroatoms. The summed E-state index contributed by atoms with van der Waals surface area (Å²) in [5.41, 5.74) is 2.21. The van der Waals surface area contributed by atoms with Gasteiger partial charge in [0.1, 0.15) is 5.75 Å². The van der Waals surface area contributed by atoms with E-state index in [0.717, 1.165) is 23.9 Å². The molecule has 0 aliphatic carbocycles. The van der Waals surface area contributed by atoms with E-state index in [-0.39, 0.29) is 11.7 Å². The van der Waals surface area contributed by atoms with Crippen LogP contribution >= 0.6 is 11.8 Å². The van der Waals surface area contributed by atoms with Crippen LogP contribution < -0.4 is 10.1 Å². The number of amides is 1. The van der Waals surface area contributed by atoms with Gasteiger partial charge in [0.25, 0.3) is 5.91 Å². The topological polar surface area (TPSA) is 91.0 Å². The molecule has 8 nitrogen and oxygen atoms in total. The third-order valence-corrected chi connectivity index (χ3v) is 7.39. The number of rotatable bonds is 12. The van der Waals surface area contributed by atoms with E-state index in [1.165, 1.54) is 18.9 Å². The summed E-state index contributed by atoms with van der Waals surface area (Å²) in [6.45, 7) is 11.0. The Morgan fingerprint density at radius 2 is 1.84 bits per heavy atom. The maximum atomic E-state index is 13.6. The largest absolute Gasteiger partial charge is 0.496 e. The van der Waals surface area contributed by atoms with Crippen molar-refractivity contribution in [1.82, 2.24) is 24.6 Å². The Kier molecular flexibility index (Phi) is 8.68. The van der Waals surface area contributed by atoms with Crippen molar-refractivity contribution in [2.75, 3.05) is 7.11 Å². The van der Waals surface area contributed by atoms with Crippen molar-refractivity contribution < 1.29 is 14.3 Å². The van der Waals surface area contributed by atoms with Crippen LogP contribution in [0.15, 0.2) is 72.5 Å². The fourth-order valence-electron chi connectivity index (χ4n) is 4.48. The summed E-state index contributed by atoms with van der Waals surface area (Å²) < 4.78 is 9.35. The van der Waals surface area contributed by atoms with Crippen LogP contribution in [-0.4, -0.2) is 43.4 Å². The van der Waals surface area contributed by atoms with Gasteiger partial charge in [-0.2, -0.15) is 0 Å². The van der Waals surface area contributed by atoms with Crippen LogP contribution in [0.2, 0.25) is 0 Å². The van der Waals surface area contributed by atoms with Crippen LogP contribution in [-0.2, 0) is 13.1 Å². The molecule has 0 radical (unpaired) electrons. The number of nitrogens with one attached hydrogen (secondary N) is 1. The fourth-order valence-corrected chi connectivity index (χ4v) is 5.41. The highest BCUT2D eigenvalue weighted by atomic mass is 32.2. The quantitative estimate of drug-likeness (QED) is 0.143. The number of ether oxygens (including phenoxy) is 1. The summed E-state index contributed by atoms with van der Waals surface area (Å²) in [6, 6.07) is 14.6. The number of carbonyl (C=O) groups excluding carboxylic acids is 2. The van der Waals surface area contributed by atoms with Crippen molar-refractivity contribution in [3.63, 3.8) is 0 Å². The van der Waals surface area contributed by atoms with Gasteiger partial charge in [0.2, 0.25) is 0 Å². The van der Waals surface area contributed by atoms with Crippen molar-refractivity contribution >= 4 is 34.4 Å². The molecule has 2 unspecified atom stereocenters. The maximum absolute atomic E-state index is 13.6. The lowest BCUT2D eigenvalue weighted by Crippen LogP contribution is -2.29. The number of methoxy groups -OCH3 is 1. The van der Waals surface area contributed by atoms with Crippen molar-refractivity contribution in [2.24, 2.45) is 0 Å². The number of allylic oxidation sites excluding steroid dienone is 1. The summed E-state index contributed by atoms with van der Waals surface area (Å²) in [5.74, 6) is 0.834. The molecule has 0 saturated carbocycles. The minimum atomic E-state index is -0.438. The minimum Gasteiger partial charge on any atom is -0.496 e. The summed E-state index contributed by atoms with van der Waals surface area (Å²) in [4.78, 5) is 26.5. The average molecular weight is 532 g/mol. The SMILES string of the molecule is C=CCn1c(SC(C)C(=O)c2cn(CCC)c3ccccc23)nnc1C(C)NC(=O)c1ccccc1OC. The molecule has 198 valence electrons. The molecule has 0 fully saturated rings. The van der Waals surface area contributed by atoms with Crippen LogP contribution in [0.25, 0.3) is 10.9 Å². The maximum Gasteiger partial charge on any atom is 0.255 e. The lowest BCUT2D eigenvalue weighted by atomic mass is 10.1. The van der Waals surface area contributed by atoms with Crippen LogP contribution in [0.3, 0.4) is 0 Å². The van der Waals surface area contributed by atoms with Crippen molar-refractivity contribution in [3.8, 4) is 5.75 Å². The normalized spacial score (nSPS) is 12.7. The predicted octanol–water partition coefficient (Wildman–Crippen LogP) is 5.69. The Bertz CT molecular complexity index is 1460. The smallest absolute Gasteiger partial charge is 0.255 e. The third kappa shape index (κ3) is 5.52. The van der Waals surface area contributed by atoms with Crippen LogP contribution in [0, 0.1) is 0 Å². The number of hydrogen-bond acceptors (Lipinski definition) is 6. The molecule has 1 amide bonds. The van der Waals surface area contributed by atoms with Gasteiger partial charge in [-0.1, -0.05) is 55.1 Å². The molecule has 2 aromatic heterocycles. The van der Waals surface area contributed by atoms with Gasteiger partial charge in [-0.15, -0.1) is 16.8 Å². The Morgan fingerprint density at radius 1 is 1.11 bits per heavy atom. The molecule has 0 saturated heterocycles. The van der Waals surface area contributed by atoms with Gasteiger partial charge in [0, 0.05) is 35.8 Å². The molecule has 2 heterocycles. The lowest BCUT2D eigenvalue weighted by Gasteiger charge is -2.17. The molecular formula is C29H33N5O3S. The van der Waals surface area contributed by atoms with E-state index in [1.54, 1.807) is 24.3 Å².